The summed E-state index contributed by atoms with van der Waals surface area (Å²) in [5.41, 5.74) is 3.55. The maximum atomic E-state index is 12.5. The van der Waals surface area contributed by atoms with Crippen molar-refractivity contribution in [1.82, 2.24) is 10.2 Å². The Morgan fingerprint density at radius 2 is 1.88 bits per heavy atom. The van der Waals surface area contributed by atoms with Gasteiger partial charge in [-0.15, -0.1) is 11.3 Å². The van der Waals surface area contributed by atoms with Crippen LogP contribution in [-0.4, -0.2) is 18.0 Å². The number of aryl methyl sites for hydroxylation is 1. The Balaban J connectivity index is 1.68. The van der Waals surface area contributed by atoms with Crippen LogP contribution in [-0.2, 0) is 6.54 Å². The van der Waals surface area contributed by atoms with Crippen LogP contribution in [0.15, 0.2) is 53.9 Å². The second-order valence-corrected chi connectivity index (χ2v) is 7.05. The number of thiophene rings is 1. The number of carbonyl (C=O) groups excluding carboxylic acids is 1. The van der Waals surface area contributed by atoms with Crippen LogP contribution in [0.5, 0.6) is 0 Å². The lowest BCUT2D eigenvalue weighted by Gasteiger charge is -2.22. The normalized spacial score (nSPS) is 12.1. The molecule has 1 unspecified atom stereocenters. The number of benzene rings is 2. The van der Waals surface area contributed by atoms with Gasteiger partial charge in [0.1, 0.15) is 0 Å². The fourth-order valence-electron chi connectivity index (χ4n) is 2.82. The van der Waals surface area contributed by atoms with E-state index < -0.39 is 0 Å². The molecule has 2 amide bonds. The van der Waals surface area contributed by atoms with Gasteiger partial charge in [0.15, 0.2) is 0 Å². The molecular weight excluding hydrogens is 316 g/mol. The number of hydrogen-bond acceptors (Lipinski definition) is 2. The van der Waals surface area contributed by atoms with E-state index in [1.807, 2.05) is 38.2 Å². The van der Waals surface area contributed by atoms with Gasteiger partial charge < -0.3 is 10.2 Å². The summed E-state index contributed by atoms with van der Waals surface area (Å²) in [4.78, 5) is 14.2. The van der Waals surface area contributed by atoms with Gasteiger partial charge in [-0.3, -0.25) is 0 Å². The minimum Gasteiger partial charge on any atom is -0.331 e. The Bertz CT molecular complexity index is 855. The van der Waals surface area contributed by atoms with Gasteiger partial charge in [-0.1, -0.05) is 42.5 Å². The predicted octanol–water partition coefficient (Wildman–Crippen LogP) is 5.11. The molecule has 3 aromatic rings. The largest absolute Gasteiger partial charge is 0.331 e. The monoisotopic (exact) mass is 338 g/mol. The van der Waals surface area contributed by atoms with Crippen LogP contribution in [0, 0.1) is 6.92 Å². The third-order valence-electron chi connectivity index (χ3n) is 4.33. The Kier molecular flexibility index (Phi) is 4.86. The molecule has 3 rings (SSSR count). The molecule has 0 radical (unpaired) electrons. The average molecular weight is 338 g/mol. The summed E-state index contributed by atoms with van der Waals surface area (Å²) in [5.74, 6) is 0. The van der Waals surface area contributed by atoms with Crippen molar-refractivity contribution >= 4 is 27.5 Å². The van der Waals surface area contributed by atoms with Crippen LogP contribution in [0.3, 0.4) is 0 Å². The van der Waals surface area contributed by atoms with Crippen LogP contribution >= 0.6 is 11.3 Å². The first-order chi connectivity index (χ1) is 11.6. The van der Waals surface area contributed by atoms with Gasteiger partial charge in [-0.2, -0.15) is 0 Å². The number of carbonyl (C=O) groups is 1. The summed E-state index contributed by atoms with van der Waals surface area (Å²) in [6.45, 7) is 4.71. The number of urea groups is 1. The summed E-state index contributed by atoms with van der Waals surface area (Å²) < 4.78 is 1.25. The predicted molar refractivity (Wildman–Crippen MR) is 101 cm³/mol. The maximum absolute atomic E-state index is 12.5. The van der Waals surface area contributed by atoms with E-state index in [-0.39, 0.29) is 12.1 Å². The van der Waals surface area contributed by atoms with Crippen molar-refractivity contribution in [2.24, 2.45) is 0 Å². The van der Waals surface area contributed by atoms with Crippen molar-refractivity contribution in [1.29, 1.82) is 0 Å². The van der Waals surface area contributed by atoms with Gasteiger partial charge in [0, 0.05) is 18.3 Å². The zero-order chi connectivity index (χ0) is 17.1. The van der Waals surface area contributed by atoms with Crippen LogP contribution < -0.4 is 5.32 Å². The van der Waals surface area contributed by atoms with Gasteiger partial charge in [0.25, 0.3) is 0 Å². The smallest absolute Gasteiger partial charge is 0.317 e. The molecular formula is C20H22N2OS. The summed E-state index contributed by atoms with van der Waals surface area (Å²) in [6.07, 6.45) is 0. The van der Waals surface area contributed by atoms with Gasteiger partial charge in [-0.25, -0.2) is 4.79 Å². The molecule has 0 spiro atoms. The average Bonchev–Trinajstić information content (AvgIpc) is 3.01. The van der Waals surface area contributed by atoms with E-state index in [2.05, 4.69) is 41.9 Å². The van der Waals surface area contributed by atoms with E-state index in [4.69, 9.17) is 0 Å². The van der Waals surface area contributed by atoms with Crippen LogP contribution in [0.1, 0.15) is 29.7 Å². The molecule has 0 saturated heterocycles. The summed E-state index contributed by atoms with van der Waals surface area (Å²) in [6, 6.07) is 16.4. The SMILES string of the molecule is Cc1ccccc1CN(C)C(=O)NC(C)c1csc2ccccc12. The molecule has 1 heterocycles. The molecule has 1 N–H and O–H groups in total. The lowest BCUT2D eigenvalue weighted by atomic mass is 10.1. The van der Waals surface area contributed by atoms with E-state index in [1.165, 1.54) is 26.8 Å². The minimum atomic E-state index is -0.0546. The zero-order valence-electron chi connectivity index (χ0n) is 14.2. The number of nitrogens with one attached hydrogen (secondary N) is 1. The molecule has 0 aliphatic rings. The second-order valence-electron chi connectivity index (χ2n) is 6.14. The van der Waals surface area contributed by atoms with Crippen molar-refractivity contribution in [2.45, 2.75) is 26.4 Å². The summed E-state index contributed by atoms with van der Waals surface area (Å²) in [7, 11) is 1.83. The lowest BCUT2D eigenvalue weighted by Crippen LogP contribution is -2.38. The highest BCUT2D eigenvalue weighted by molar-refractivity contribution is 7.17. The summed E-state index contributed by atoms with van der Waals surface area (Å²) in [5, 5.41) is 6.46. The highest BCUT2D eigenvalue weighted by Gasteiger charge is 2.16. The van der Waals surface area contributed by atoms with Crippen LogP contribution in [0.4, 0.5) is 4.79 Å². The third kappa shape index (κ3) is 3.44. The van der Waals surface area contributed by atoms with Crippen LogP contribution in [0.2, 0.25) is 0 Å². The number of rotatable bonds is 4. The van der Waals surface area contributed by atoms with Crippen molar-refractivity contribution in [2.75, 3.05) is 7.05 Å². The Hall–Kier alpha value is -2.33. The molecule has 4 heteroatoms. The fraction of sp³-hybridized carbons (Fsp3) is 0.250. The topological polar surface area (TPSA) is 32.3 Å². The maximum Gasteiger partial charge on any atom is 0.317 e. The first-order valence-corrected chi connectivity index (χ1v) is 8.96. The van der Waals surface area contributed by atoms with Gasteiger partial charge in [0.05, 0.1) is 6.04 Å². The molecule has 0 saturated carbocycles. The highest BCUT2D eigenvalue weighted by atomic mass is 32.1. The van der Waals surface area contributed by atoms with Crippen molar-refractivity contribution < 1.29 is 4.79 Å². The number of nitrogens with zero attached hydrogens (tertiary/aromatic N) is 1. The van der Waals surface area contributed by atoms with E-state index in [1.54, 1.807) is 16.2 Å². The third-order valence-corrected chi connectivity index (χ3v) is 5.31. The molecule has 0 aliphatic carbocycles. The van der Waals surface area contributed by atoms with Gasteiger partial charge in [-0.05, 0) is 47.4 Å². The lowest BCUT2D eigenvalue weighted by molar-refractivity contribution is 0.203. The van der Waals surface area contributed by atoms with Gasteiger partial charge in [0.2, 0.25) is 0 Å². The first-order valence-electron chi connectivity index (χ1n) is 8.08. The Morgan fingerprint density at radius 1 is 1.17 bits per heavy atom. The molecule has 1 aromatic heterocycles. The number of hydrogen-bond donors (Lipinski definition) is 1. The first kappa shape index (κ1) is 16.5. The molecule has 0 aliphatic heterocycles. The van der Waals surface area contributed by atoms with Crippen LogP contribution in [0.25, 0.3) is 10.1 Å². The summed E-state index contributed by atoms with van der Waals surface area (Å²) >= 11 is 1.72. The fourth-order valence-corrected chi connectivity index (χ4v) is 3.88. The van der Waals surface area contributed by atoms with E-state index in [9.17, 15) is 4.79 Å². The number of fused-ring (bicyclic) bond motifs is 1. The molecule has 1 atom stereocenters. The molecule has 24 heavy (non-hydrogen) atoms. The molecule has 0 fully saturated rings. The van der Waals surface area contributed by atoms with Crippen molar-refractivity contribution in [3.63, 3.8) is 0 Å². The zero-order valence-corrected chi connectivity index (χ0v) is 15.1. The molecule has 3 nitrogen and oxygen atoms in total. The number of amides is 2. The van der Waals surface area contributed by atoms with Gasteiger partial charge >= 0.3 is 6.03 Å². The highest BCUT2D eigenvalue weighted by Crippen LogP contribution is 2.30. The standard InChI is InChI=1S/C20H22N2OS/c1-14-8-4-5-9-16(14)12-22(3)20(23)21-15(2)18-13-24-19-11-7-6-10-17(18)19/h4-11,13,15H,12H2,1-3H3,(H,21,23). The molecule has 124 valence electrons. The quantitative estimate of drug-likeness (QED) is 0.704. The Labute approximate surface area is 146 Å². The van der Waals surface area contributed by atoms with E-state index in [0.717, 1.165) is 0 Å². The molecule has 0 bridgehead atoms. The Morgan fingerprint density at radius 3 is 2.67 bits per heavy atom. The van der Waals surface area contributed by atoms with Crippen molar-refractivity contribution in [3.8, 4) is 0 Å². The molecule has 2 aromatic carbocycles. The van der Waals surface area contributed by atoms with E-state index in [0.29, 0.717) is 6.54 Å². The minimum absolute atomic E-state index is 0.0204. The van der Waals surface area contributed by atoms with E-state index >= 15 is 0 Å². The van der Waals surface area contributed by atoms with Crippen molar-refractivity contribution in [3.05, 3.63) is 70.6 Å². The second kappa shape index (κ2) is 7.05.